The lowest BCUT2D eigenvalue weighted by molar-refractivity contribution is -0.145. The zero-order chi connectivity index (χ0) is 12.1. The minimum absolute atomic E-state index is 0.146. The maximum atomic E-state index is 11.3. The molecular formula is C12H21ClO2. The molecule has 2 nitrogen and oxygen atoms in total. The summed E-state index contributed by atoms with van der Waals surface area (Å²) in [4.78, 5) is 11.3. The van der Waals surface area contributed by atoms with Crippen LogP contribution in [0.5, 0.6) is 0 Å². The average molecular weight is 233 g/mol. The Kier molecular flexibility index (Phi) is 5.96. The van der Waals surface area contributed by atoms with Crippen LogP contribution in [0.1, 0.15) is 41.0 Å². The molecule has 0 aliphatic rings. The Morgan fingerprint density at radius 1 is 1.47 bits per heavy atom. The molecule has 0 amide bonds. The zero-order valence-corrected chi connectivity index (χ0v) is 11.0. The van der Waals surface area contributed by atoms with Crippen molar-refractivity contribution in [1.29, 1.82) is 0 Å². The first kappa shape index (κ1) is 14.5. The molecule has 0 rings (SSSR count). The van der Waals surface area contributed by atoms with Crippen molar-refractivity contribution in [2.24, 2.45) is 5.41 Å². The fourth-order valence-electron chi connectivity index (χ4n) is 1.20. The highest BCUT2D eigenvalue weighted by Gasteiger charge is 2.29. The van der Waals surface area contributed by atoms with Crippen LogP contribution >= 0.6 is 11.6 Å². The summed E-state index contributed by atoms with van der Waals surface area (Å²) in [5, 5.41) is -0.146. The number of carbonyl (C=O) groups excluding carboxylic acids is 1. The van der Waals surface area contributed by atoms with E-state index in [0.717, 1.165) is 5.57 Å². The molecule has 1 unspecified atom stereocenters. The van der Waals surface area contributed by atoms with Crippen LogP contribution in [0, 0.1) is 5.41 Å². The highest BCUT2D eigenvalue weighted by molar-refractivity contribution is 6.22. The fraction of sp³-hybridized carbons (Fsp3) is 0.750. The minimum Gasteiger partial charge on any atom is -0.466 e. The molecule has 0 aliphatic heterocycles. The first-order valence-corrected chi connectivity index (χ1v) is 5.68. The van der Waals surface area contributed by atoms with Gasteiger partial charge < -0.3 is 4.74 Å². The number of hydrogen-bond donors (Lipinski definition) is 0. The van der Waals surface area contributed by atoms with Gasteiger partial charge in [0, 0.05) is 0 Å². The molecule has 88 valence electrons. The van der Waals surface area contributed by atoms with Gasteiger partial charge in [0.05, 0.1) is 18.4 Å². The number of alkyl halides is 1. The van der Waals surface area contributed by atoms with Gasteiger partial charge in [-0.05, 0) is 26.2 Å². The zero-order valence-electron chi connectivity index (χ0n) is 10.3. The van der Waals surface area contributed by atoms with Gasteiger partial charge in [0.1, 0.15) is 0 Å². The van der Waals surface area contributed by atoms with Gasteiger partial charge in [-0.15, -0.1) is 11.6 Å². The van der Waals surface area contributed by atoms with E-state index < -0.39 is 0 Å². The van der Waals surface area contributed by atoms with Gasteiger partial charge in [-0.3, -0.25) is 4.79 Å². The number of allylic oxidation sites excluding steroid dienone is 2. The lowest BCUT2D eigenvalue weighted by Gasteiger charge is -2.27. The van der Waals surface area contributed by atoms with Gasteiger partial charge >= 0.3 is 5.97 Å². The average Bonchev–Trinajstić information content (AvgIpc) is 2.01. The van der Waals surface area contributed by atoms with E-state index in [1.165, 1.54) is 0 Å². The molecule has 0 saturated carbocycles. The van der Waals surface area contributed by atoms with Crippen molar-refractivity contribution in [2.75, 3.05) is 6.61 Å². The van der Waals surface area contributed by atoms with Gasteiger partial charge in [-0.2, -0.15) is 0 Å². The normalized spacial score (nSPS) is 13.2. The summed E-state index contributed by atoms with van der Waals surface area (Å²) >= 11 is 6.23. The Bertz CT molecular complexity index is 240. The van der Waals surface area contributed by atoms with Crippen molar-refractivity contribution in [2.45, 2.75) is 46.4 Å². The number of rotatable bonds is 5. The molecule has 0 heterocycles. The molecule has 3 heteroatoms. The number of carbonyl (C=O) groups is 1. The van der Waals surface area contributed by atoms with Crippen LogP contribution in [0.2, 0.25) is 0 Å². The molecule has 0 N–H and O–H groups in total. The van der Waals surface area contributed by atoms with Crippen molar-refractivity contribution in [1.82, 2.24) is 0 Å². The summed E-state index contributed by atoms with van der Waals surface area (Å²) in [6, 6.07) is 0. The van der Waals surface area contributed by atoms with E-state index in [4.69, 9.17) is 16.3 Å². The smallest absolute Gasteiger partial charge is 0.306 e. The Hall–Kier alpha value is -0.500. The van der Waals surface area contributed by atoms with E-state index in [0.29, 0.717) is 13.0 Å². The number of ether oxygens (including phenoxy) is 1. The van der Waals surface area contributed by atoms with Crippen LogP contribution in [0.4, 0.5) is 0 Å². The van der Waals surface area contributed by atoms with E-state index in [-0.39, 0.29) is 16.8 Å². The van der Waals surface area contributed by atoms with Crippen LogP contribution in [-0.2, 0) is 9.53 Å². The van der Waals surface area contributed by atoms with Gasteiger partial charge in [0.15, 0.2) is 0 Å². The van der Waals surface area contributed by atoms with Crippen molar-refractivity contribution in [3.8, 4) is 0 Å². The summed E-state index contributed by atoms with van der Waals surface area (Å²) in [5.74, 6) is -0.185. The van der Waals surface area contributed by atoms with Crippen molar-refractivity contribution in [3.05, 3.63) is 11.6 Å². The molecule has 0 aromatic heterocycles. The third-order valence-corrected chi connectivity index (χ3v) is 2.85. The Balaban J connectivity index is 4.40. The molecule has 0 fully saturated rings. The van der Waals surface area contributed by atoms with Crippen LogP contribution < -0.4 is 0 Å². The lowest BCUT2D eigenvalue weighted by atomic mass is 9.84. The third kappa shape index (κ3) is 5.83. The lowest BCUT2D eigenvalue weighted by Crippen LogP contribution is -2.27. The second kappa shape index (κ2) is 6.16. The monoisotopic (exact) mass is 232 g/mol. The van der Waals surface area contributed by atoms with E-state index in [1.807, 2.05) is 33.8 Å². The second-order valence-corrected chi connectivity index (χ2v) is 5.09. The molecule has 15 heavy (non-hydrogen) atoms. The van der Waals surface area contributed by atoms with Crippen LogP contribution in [0.3, 0.4) is 0 Å². The topological polar surface area (TPSA) is 26.3 Å². The van der Waals surface area contributed by atoms with Gasteiger partial charge in [0.25, 0.3) is 0 Å². The molecule has 0 saturated heterocycles. The van der Waals surface area contributed by atoms with Crippen LogP contribution in [0.25, 0.3) is 0 Å². The van der Waals surface area contributed by atoms with E-state index in [2.05, 4.69) is 0 Å². The second-order valence-electron chi connectivity index (χ2n) is 4.62. The van der Waals surface area contributed by atoms with E-state index >= 15 is 0 Å². The SMILES string of the molecule is CCOC(=O)CC(C)(C)C(Cl)C=C(C)C. The van der Waals surface area contributed by atoms with Crippen molar-refractivity contribution < 1.29 is 9.53 Å². The maximum absolute atomic E-state index is 11.3. The van der Waals surface area contributed by atoms with Gasteiger partial charge in [0.2, 0.25) is 0 Å². The maximum Gasteiger partial charge on any atom is 0.306 e. The molecule has 0 aliphatic carbocycles. The minimum atomic E-state index is -0.273. The Morgan fingerprint density at radius 2 is 2.00 bits per heavy atom. The van der Waals surface area contributed by atoms with Crippen molar-refractivity contribution >= 4 is 17.6 Å². The van der Waals surface area contributed by atoms with E-state index in [9.17, 15) is 4.79 Å². The molecule has 1 atom stereocenters. The van der Waals surface area contributed by atoms with Crippen molar-refractivity contribution in [3.63, 3.8) is 0 Å². The largest absolute Gasteiger partial charge is 0.466 e. The predicted molar refractivity (Wildman–Crippen MR) is 64.1 cm³/mol. The molecule has 0 bridgehead atoms. The Morgan fingerprint density at radius 3 is 2.40 bits per heavy atom. The van der Waals surface area contributed by atoms with Crippen LogP contribution in [0.15, 0.2) is 11.6 Å². The summed E-state index contributed by atoms with van der Waals surface area (Å²) in [6.07, 6.45) is 2.32. The number of hydrogen-bond acceptors (Lipinski definition) is 2. The van der Waals surface area contributed by atoms with Gasteiger partial charge in [-0.25, -0.2) is 0 Å². The summed E-state index contributed by atoms with van der Waals surface area (Å²) < 4.78 is 4.91. The number of halogens is 1. The molecule has 0 aromatic carbocycles. The standard InChI is InChI=1S/C12H21ClO2/c1-6-15-11(14)8-12(4,5)10(13)7-9(2)3/h7,10H,6,8H2,1-5H3. The first-order valence-electron chi connectivity index (χ1n) is 5.24. The predicted octanol–water partition coefficient (Wildman–Crippen LogP) is 3.54. The number of esters is 1. The highest BCUT2D eigenvalue weighted by atomic mass is 35.5. The highest BCUT2D eigenvalue weighted by Crippen LogP contribution is 2.31. The van der Waals surface area contributed by atoms with E-state index in [1.54, 1.807) is 6.92 Å². The Labute approximate surface area is 97.6 Å². The summed E-state index contributed by atoms with van der Waals surface area (Å²) in [7, 11) is 0. The summed E-state index contributed by atoms with van der Waals surface area (Å²) in [5.41, 5.74) is 0.886. The molecule has 0 aromatic rings. The van der Waals surface area contributed by atoms with Gasteiger partial charge in [-0.1, -0.05) is 25.5 Å². The molecular weight excluding hydrogens is 212 g/mol. The quantitative estimate of drug-likeness (QED) is 0.412. The fourth-order valence-corrected chi connectivity index (χ4v) is 1.53. The molecule has 0 spiro atoms. The van der Waals surface area contributed by atoms with Crippen LogP contribution in [-0.4, -0.2) is 18.0 Å². The first-order chi connectivity index (χ1) is 6.79. The molecule has 0 radical (unpaired) electrons. The third-order valence-electron chi connectivity index (χ3n) is 2.13. The summed E-state index contributed by atoms with van der Waals surface area (Å²) in [6.45, 7) is 10.2.